The fraction of sp³-hybridized carbons (Fsp3) is 0.429. The van der Waals surface area contributed by atoms with Gasteiger partial charge in [0.25, 0.3) is 0 Å². The molecule has 0 spiro atoms. The van der Waals surface area contributed by atoms with Crippen LogP contribution in [-0.4, -0.2) is 74.0 Å². The number of piperazine rings is 1. The van der Waals surface area contributed by atoms with Gasteiger partial charge in [0, 0.05) is 58.4 Å². The number of carbonyl (C=O) groups is 2. The Labute approximate surface area is 275 Å². The van der Waals surface area contributed by atoms with Crippen molar-refractivity contribution in [3.8, 4) is 5.75 Å². The minimum atomic E-state index is -1.12. The van der Waals surface area contributed by atoms with Crippen LogP contribution < -0.4 is 14.5 Å². The van der Waals surface area contributed by atoms with Crippen molar-refractivity contribution in [1.29, 1.82) is 0 Å². The van der Waals surface area contributed by atoms with Crippen molar-refractivity contribution >= 4 is 48.0 Å². The molecule has 3 aromatic rings. The Morgan fingerprint density at radius 3 is 2.16 bits per heavy atom. The molecule has 0 N–H and O–H groups in total. The molecule has 0 aliphatic carbocycles. The maximum Gasteiger partial charge on any atom is 0.242 e. The van der Waals surface area contributed by atoms with E-state index < -0.39 is 5.41 Å². The third kappa shape index (κ3) is 7.94. The third-order valence-electron chi connectivity index (χ3n) is 8.64. The normalized spacial score (nSPS) is 18.6. The van der Waals surface area contributed by atoms with Gasteiger partial charge in [0.2, 0.25) is 11.8 Å². The van der Waals surface area contributed by atoms with Crippen molar-refractivity contribution < 1.29 is 14.3 Å². The van der Waals surface area contributed by atoms with Gasteiger partial charge in [0.1, 0.15) is 11.2 Å². The van der Waals surface area contributed by atoms with E-state index in [0.29, 0.717) is 30.6 Å². The molecule has 1 fully saturated rings. The molecular weight excluding hydrogens is 595 g/mol. The summed E-state index contributed by atoms with van der Waals surface area (Å²) < 4.78 is 6.21. The summed E-state index contributed by atoms with van der Waals surface area (Å²) in [6.45, 7) is 11.5. The number of ether oxygens (including phenoxy) is 1. The molecular formula is C35H46Cl2N4O3. The number of fused-ring (bicyclic) bond motifs is 1. The second-order valence-electron chi connectivity index (χ2n) is 12.0. The number of hydrogen-bond acceptors (Lipinski definition) is 5. The summed E-state index contributed by atoms with van der Waals surface area (Å²) in [6.07, 6.45) is 1.93. The van der Waals surface area contributed by atoms with Crippen molar-refractivity contribution in [2.24, 2.45) is 5.41 Å². The molecule has 1 atom stereocenters. The number of halogens is 2. The minimum Gasteiger partial charge on any atom is -0.493 e. The lowest BCUT2D eigenvalue weighted by molar-refractivity contribution is -0.137. The third-order valence-corrected chi connectivity index (χ3v) is 8.64. The molecule has 44 heavy (non-hydrogen) atoms. The summed E-state index contributed by atoms with van der Waals surface area (Å²) in [5.41, 5.74) is 3.06. The molecule has 2 heterocycles. The number of rotatable bonds is 10. The smallest absolute Gasteiger partial charge is 0.242 e. The molecule has 2 aliphatic heterocycles. The van der Waals surface area contributed by atoms with Gasteiger partial charge < -0.3 is 14.5 Å². The summed E-state index contributed by atoms with van der Waals surface area (Å²) in [5, 5.41) is 0. The first-order chi connectivity index (χ1) is 20.3. The van der Waals surface area contributed by atoms with Crippen LogP contribution in [0.4, 0.5) is 11.4 Å². The fourth-order valence-electron chi connectivity index (χ4n) is 6.25. The Morgan fingerprint density at radius 1 is 0.841 bits per heavy atom. The Bertz CT molecular complexity index is 1370. The summed E-state index contributed by atoms with van der Waals surface area (Å²) in [7, 11) is 1.74. The zero-order valence-electron chi connectivity index (χ0n) is 26.3. The van der Waals surface area contributed by atoms with Crippen LogP contribution in [0.3, 0.4) is 0 Å². The van der Waals surface area contributed by atoms with Crippen LogP contribution in [-0.2, 0) is 22.6 Å². The highest BCUT2D eigenvalue weighted by Crippen LogP contribution is 2.40. The molecule has 0 saturated carbocycles. The summed E-state index contributed by atoms with van der Waals surface area (Å²) in [4.78, 5) is 34.8. The van der Waals surface area contributed by atoms with E-state index in [4.69, 9.17) is 4.74 Å². The van der Waals surface area contributed by atoms with E-state index in [9.17, 15) is 9.59 Å². The summed E-state index contributed by atoms with van der Waals surface area (Å²) in [5.74, 6) is 0.325. The van der Waals surface area contributed by atoms with Crippen molar-refractivity contribution in [3.05, 3.63) is 90.0 Å². The predicted octanol–water partition coefficient (Wildman–Crippen LogP) is 6.08. The number of benzene rings is 3. The van der Waals surface area contributed by atoms with Gasteiger partial charge in [-0.1, -0.05) is 60.7 Å². The molecule has 238 valence electrons. The quantitative estimate of drug-likeness (QED) is 0.198. The molecule has 3 aromatic carbocycles. The van der Waals surface area contributed by atoms with Crippen LogP contribution in [0.2, 0.25) is 0 Å². The molecule has 2 aliphatic rings. The second kappa shape index (κ2) is 15.8. The Hall–Kier alpha value is -3.10. The van der Waals surface area contributed by atoms with E-state index >= 15 is 0 Å². The molecule has 5 rings (SSSR count). The summed E-state index contributed by atoms with van der Waals surface area (Å²) >= 11 is 0. The predicted molar refractivity (Wildman–Crippen MR) is 183 cm³/mol. The van der Waals surface area contributed by atoms with Crippen molar-refractivity contribution in [1.82, 2.24) is 9.80 Å². The molecule has 2 amide bonds. The largest absolute Gasteiger partial charge is 0.493 e. The number of hydrogen-bond donors (Lipinski definition) is 0. The highest BCUT2D eigenvalue weighted by molar-refractivity contribution is 6.20. The van der Waals surface area contributed by atoms with Gasteiger partial charge in [-0.3, -0.25) is 19.4 Å². The van der Waals surface area contributed by atoms with Gasteiger partial charge in [0.05, 0.1) is 18.0 Å². The maximum absolute atomic E-state index is 13.2. The van der Waals surface area contributed by atoms with Crippen LogP contribution >= 0.6 is 24.8 Å². The lowest BCUT2D eigenvalue weighted by atomic mass is 9.90. The average Bonchev–Trinajstić information content (AvgIpc) is 3.05. The zero-order valence-corrected chi connectivity index (χ0v) is 27.9. The SMILES string of the molecule is CCN1C(=O)C(C)(C)C(=O)N(C)c2cc(OCCCN3CCN(Cc4ccccc4)CC3Cc3ccccc3)ccc21.Cl.Cl. The van der Waals surface area contributed by atoms with Gasteiger partial charge in [0.15, 0.2) is 0 Å². The van der Waals surface area contributed by atoms with Gasteiger partial charge in [-0.2, -0.15) is 0 Å². The number of amides is 2. The van der Waals surface area contributed by atoms with Crippen LogP contribution in [0, 0.1) is 5.41 Å². The zero-order chi connectivity index (χ0) is 29.7. The van der Waals surface area contributed by atoms with E-state index in [1.54, 1.807) is 30.7 Å². The van der Waals surface area contributed by atoms with Gasteiger partial charge in [-0.05, 0) is 56.9 Å². The lowest BCUT2D eigenvalue weighted by Gasteiger charge is -2.42. The van der Waals surface area contributed by atoms with E-state index in [2.05, 4.69) is 70.5 Å². The van der Waals surface area contributed by atoms with Crippen LogP contribution in [0.25, 0.3) is 0 Å². The first-order valence-electron chi connectivity index (χ1n) is 15.2. The number of nitrogens with zero attached hydrogens (tertiary/aromatic N) is 4. The Balaban J connectivity index is 0.00000264. The maximum atomic E-state index is 13.2. The van der Waals surface area contributed by atoms with E-state index in [0.717, 1.165) is 51.3 Å². The Morgan fingerprint density at radius 2 is 1.50 bits per heavy atom. The van der Waals surface area contributed by atoms with Gasteiger partial charge in [-0.25, -0.2) is 0 Å². The molecule has 1 saturated heterocycles. The fourth-order valence-corrected chi connectivity index (χ4v) is 6.25. The standard InChI is InChI=1S/C35H44N4O3.2ClH/c1-5-39-31-18-17-30(24-32(31)36(4)33(40)35(2,3)34(39)41)42-22-12-19-38-21-20-37(25-28-15-10-7-11-16-28)26-29(38)23-27-13-8-6-9-14-27;;/h6-11,13-18,24,29H,5,12,19-23,25-26H2,1-4H3;2*1H. The monoisotopic (exact) mass is 640 g/mol. The molecule has 1 unspecified atom stereocenters. The summed E-state index contributed by atoms with van der Waals surface area (Å²) in [6, 6.07) is 27.7. The molecule has 9 heteroatoms. The van der Waals surface area contributed by atoms with Crippen LogP contribution in [0.5, 0.6) is 5.75 Å². The van der Waals surface area contributed by atoms with E-state index in [-0.39, 0.29) is 36.6 Å². The highest BCUT2D eigenvalue weighted by atomic mass is 35.5. The van der Waals surface area contributed by atoms with E-state index in [1.807, 2.05) is 25.1 Å². The second-order valence-corrected chi connectivity index (χ2v) is 12.0. The molecule has 7 nitrogen and oxygen atoms in total. The molecule has 0 radical (unpaired) electrons. The lowest BCUT2D eigenvalue weighted by Crippen LogP contribution is -2.53. The topological polar surface area (TPSA) is 56.3 Å². The Kier molecular flexibility index (Phi) is 12.7. The van der Waals surface area contributed by atoms with Crippen molar-refractivity contribution in [2.45, 2.75) is 46.2 Å². The van der Waals surface area contributed by atoms with Crippen molar-refractivity contribution in [3.63, 3.8) is 0 Å². The van der Waals surface area contributed by atoms with Crippen molar-refractivity contribution in [2.75, 3.05) is 56.2 Å². The molecule has 0 bridgehead atoms. The minimum absolute atomic E-state index is 0. The first kappa shape index (κ1) is 35.4. The van der Waals surface area contributed by atoms with E-state index in [1.165, 1.54) is 11.1 Å². The van der Waals surface area contributed by atoms with Crippen LogP contribution in [0.1, 0.15) is 38.3 Å². The molecule has 0 aromatic heterocycles. The first-order valence-corrected chi connectivity index (χ1v) is 15.2. The average molecular weight is 642 g/mol. The number of anilines is 2. The van der Waals surface area contributed by atoms with Gasteiger partial charge in [-0.15, -0.1) is 24.8 Å². The highest BCUT2D eigenvalue weighted by Gasteiger charge is 2.45. The van der Waals surface area contributed by atoms with Gasteiger partial charge >= 0.3 is 0 Å². The van der Waals surface area contributed by atoms with Crippen LogP contribution in [0.15, 0.2) is 78.9 Å². The number of carbonyl (C=O) groups excluding carboxylic acids is 2.